The highest BCUT2D eigenvalue weighted by Crippen LogP contribution is 2.17. The number of hydrogen-bond donors (Lipinski definition) is 1. The van der Waals surface area contributed by atoms with Crippen LogP contribution in [0.5, 0.6) is 0 Å². The van der Waals surface area contributed by atoms with Crippen LogP contribution in [-0.4, -0.2) is 28.9 Å². The van der Waals surface area contributed by atoms with E-state index in [2.05, 4.69) is 14.8 Å². The van der Waals surface area contributed by atoms with E-state index in [1.54, 1.807) is 31.3 Å². The molecule has 0 unspecified atom stereocenters. The molecule has 23 heavy (non-hydrogen) atoms. The van der Waals surface area contributed by atoms with Crippen molar-refractivity contribution in [1.29, 1.82) is 0 Å². The number of nitrogens with one attached hydrogen (secondary N) is 1. The quantitative estimate of drug-likeness (QED) is 0.785. The third-order valence-corrected chi connectivity index (χ3v) is 4.86. The first kappa shape index (κ1) is 15.2. The first-order valence-corrected chi connectivity index (χ1v) is 8.29. The molecule has 0 aliphatic heterocycles. The van der Waals surface area contributed by atoms with E-state index in [4.69, 9.17) is 0 Å². The summed E-state index contributed by atoms with van der Waals surface area (Å²) in [5, 5.41) is 3.97. The maximum absolute atomic E-state index is 12.4. The van der Waals surface area contributed by atoms with Gasteiger partial charge in [0.1, 0.15) is 5.56 Å². The van der Waals surface area contributed by atoms with Crippen LogP contribution in [0.15, 0.2) is 47.8 Å². The lowest BCUT2D eigenvalue weighted by Crippen LogP contribution is -2.31. The number of amides is 1. The number of sulfonamides is 1. The average molecular weight is 330 g/mol. The van der Waals surface area contributed by atoms with Gasteiger partial charge in [0.05, 0.1) is 11.1 Å². The molecule has 3 rings (SSSR count). The highest BCUT2D eigenvalue weighted by molar-refractivity contribution is 7.90. The third-order valence-electron chi connectivity index (χ3n) is 3.37. The number of aromatic nitrogens is 3. The number of aryl methyl sites for hydroxylation is 2. The fraction of sp³-hybridized carbons (Fsp3) is 0.133. The van der Waals surface area contributed by atoms with Gasteiger partial charge in [0, 0.05) is 12.4 Å². The van der Waals surface area contributed by atoms with Gasteiger partial charge in [-0.25, -0.2) is 22.6 Å². The minimum atomic E-state index is -3.97. The Balaban J connectivity index is 1.95. The van der Waals surface area contributed by atoms with Crippen LogP contribution in [0.2, 0.25) is 0 Å². The van der Waals surface area contributed by atoms with E-state index in [-0.39, 0.29) is 10.5 Å². The van der Waals surface area contributed by atoms with Crippen LogP contribution in [-0.2, 0) is 10.0 Å². The maximum atomic E-state index is 12.4. The van der Waals surface area contributed by atoms with Crippen LogP contribution >= 0.6 is 0 Å². The monoisotopic (exact) mass is 330 g/mol. The lowest BCUT2D eigenvalue weighted by atomic mass is 10.2. The second kappa shape index (κ2) is 5.47. The number of nitrogens with zero attached hydrogens (tertiary/aromatic N) is 3. The van der Waals surface area contributed by atoms with Crippen molar-refractivity contribution < 1.29 is 13.2 Å². The molecule has 0 aliphatic carbocycles. The minimum absolute atomic E-state index is 0.0703. The van der Waals surface area contributed by atoms with E-state index in [9.17, 15) is 13.2 Å². The lowest BCUT2D eigenvalue weighted by Gasteiger charge is -2.09. The Morgan fingerprint density at radius 3 is 2.78 bits per heavy atom. The molecule has 8 heteroatoms. The van der Waals surface area contributed by atoms with Crippen molar-refractivity contribution in [3.05, 3.63) is 59.5 Å². The standard InChI is InChI=1S/C15H14N4O3S/c1-10-4-5-13(11(2)8-10)23(21,22)18-15(20)12-9-17-19-7-3-6-16-14(12)19/h3-9H,1-2H3,(H,18,20). The summed E-state index contributed by atoms with van der Waals surface area (Å²) < 4.78 is 28.3. The van der Waals surface area contributed by atoms with Crippen LogP contribution < -0.4 is 4.72 Å². The number of carbonyl (C=O) groups excluding carboxylic acids is 1. The molecule has 7 nitrogen and oxygen atoms in total. The maximum Gasteiger partial charge on any atom is 0.270 e. The summed E-state index contributed by atoms with van der Waals surface area (Å²) in [5.41, 5.74) is 1.91. The summed E-state index contributed by atoms with van der Waals surface area (Å²) in [4.78, 5) is 16.4. The Kier molecular flexibility index (Phi) is 3.61. The summed E-state index contributed by atoms with van der Waals surface area (Å²) in [6, 6.07) is 6.57. The van der Waals surface area contributed by atoms with Gasteiger partial charge in [-0.05, 0) is 31.5 Å². The van der Waals surface area contributed by atoms with Crippen LogP contribution in [0.4, 0.5) is 0 Å². The fourth-order valence-corrected chi connectivity index (χ4v) is 3.51. The molecule has 1 aromatic carbocycles. The molecule has 2 heterocycles. The molecule has 1 N–H and O–H groups in total. The number of carbonyl (C=O) groups is 1. The topological polar surface area (TPSA) is 93.4 Å². The van der Waals surface area contributed by atoms with E-state index in [0.717, 1.165) is 5.56 Å². The molecule has 3 aromatic rings. The van der Waals surface area contributed by atoms with Gasteiger partial charge >= 0.3 is 0 Å². The number of hydrogen-bond acceptors (Lipinski definition) is 5. The van der Waals surface area contributed by atoms with E-state index in [1.807, 2.05) is 6.92 Å². The highest BCUT2D eigenvalue weighted by atomic mass is 32.2. The van der Waals surface area contributed by atoms with E-state index in [1.165, 1.54) is 23.0 Å². The van der Waals surface area contributed by atoms with Gasteiger partial charge in [-0.15, -0.1) is 0 Å². The second-order valence-corrected chi connectivity index (χ2v) is 6.80. The van der Waals surface area contributed by atoms with Crippen molar-refractivity contribution in [2.75, 3.05) is 0 Å². The SMILES string of the molecule is Cc1ccc(S(=O)(=O)NC(=O)c2cnn3cccnc23)c(C)c1. The van der Waals surface area contributed by atoms with Gasteiger partial charge in [-0.1, -0.05) is 17.7 Å². The predicted molar refractivity (Wildman–Crippen MR) is 83.6 cm³/mol. The first-order chi connectivity index (χ1) is 10.9. The fourth-order valence-electron chi connectivity index (χ4n) is 2.32. The predicted octanol–water partition coefficient (Wildman–Crippen LogP) is 1.46. The molecule has 0 bridgehead atoms. The van der Waals surface area contributed by atoms with Crippen molar-refractivity contribution in [3.63, 3.8) is 0 Å². The zero-order chi connectivity index (χ0) is 16.6. The normalized spacial score (nSPS) is 11.6. The Labute approximate surface area is 133 Å². The summed E-state index contributed by atoms with van der Waals surface area (Å²) in [6.45, 7) is 3.55. The smallest absolute Gasteiger partial charge is 0.268 e. The number of benzene rings is 1. The molecule has 0 saturated heterocycles. The summed E-state index contributed by atoms with van der Waals surface area (Å²) >= 11 is 0. The van der Waals surface area contributed by atoms with Crippen molar-refractivity contribution in [1.82, 2.24) is 19.3 Å². The van der Waals surface area contributed by atoms with Crippen LogP contribution in [0, 0.1) is 13.8 Å². The van der Waals surface area contributed by atoms with E-state index in [0.29, 0.717) is 11.2 Å². The molecule has 0 atom stereocenters. The van der Waals surface area contributed by atoms with Gasteiger partial charge in [0.25, 0.3) is 15.9 Å². The Morgan fingerprint density at radius 1 is 1.26 bits per heavy atom. The molecule has 0 fully saturated rings. The van der Waals surface area contributed by atoms with Gasteiger partial charge in [0.15, 0.2) is 5.65 Å². The third kappa shape index (κ3) is 2.80. The Bertz CT molecular complexity index is 1010. The molecular weight excluding hydrogens is 316 g/mol. The summed E-state index contributed by atoms with van der Waals surface area (Å²) in [5.74, 6) is -0.765. The first-order valence-electron chi connectivity index (χ1n) is 6.81. The van der Waals surface area contributed by atoms with E-state index < -0.39 is 15.9 Å². The molecular formula is C15H14N4O3S. The highest BCUT2D eigenvalue weighted by Gasteiger charge is 2.23. The zero-order valence-corrected chi connectivity index (χ0v) is 13.3. The van der Waals surface area contributed by atoms with Crippen LogP contribution in [0.1, 0.15) is 21.5 Å². The van der Waals surface area contributed by atoms with Crippen molar-refractivity contribution in [2.24, 2.45) is 0 Å². The van der Waals surface area contributed by atoms with Gasteiger partial charge in [0.2, 0.25) is 0 Å². The molecule has 2 aromatic heterocycles. The van der Waals surface area contributed by atoms with Crippen LogP contribution in [0.25, 0.3) is 5.65 Å². The summed E-state index contributed by atoms with van der Waals surface area (Å²) in [7, 11) is -3.97. The summed E-state index contributed by atoms with van der Waals surface area (Å²) in [6.07, 6.45) is 4.42. The molecule has 118 valence electrons. The number of rotatable bonds is 3. The zero-order valence-electron chi connectivity index (χ0n) is 12.5. The Hall–Kier alpha value is -2.74. The molecule has 0 saturated carbocycles. The van der Waals surface area contributed by atoms with Crippen LogP contribution in [0.3, 0.4) is 0 Å². The largest absolute Gasteiger partial charge is 0.270 e. The molecule has 0 radical (unpaired) electrons. The number of fused-ring (bicyclic) bond motifs is 1. The van der Waals surface area contributed by atoms with Crippen molar-refractivity contribution >= 4 is 21.6 Å². The van der Waals surface area contributed by atoms with Gasteiger partial charge < -0.3 is 0 Å². The van der Waals surface area contributed by atoms with Crippen molar-refractivity contribution in [2.45, 2.75) is 18.7 Å². The van der Waals surface area contributed by atoms with Gasteiger partial charge in [-0.2, -0.15) is 5.10 Å². The molecule has 0 spiro atoms. The van der Waals surface area contributed by atoms with E-state index >= 15 is 0 Å². The molecule has 0 aliphatic rings. The Morgan fingerprint density at radius 2 is 2.04 bits per heavy atom. The average Bonchev–Trinajstić information content (AvgIpc) is 2.90. The minimum Gasteiger partial charge on any atom is -0.268 e. The lowest BCUT2D eigenvalue weighted by molar-refractivity contribution is 0.0983. The molecule has 1 amide bonds. The van der Waals surface area contributed by atoms with Crippen molar-refractivity contribution in [3.8, 4) is 0 Å². The second-order valence-electron chi connectivity index (χ2n) is 5.15. The van der Waals surface area contributed by atoms with Gasteiger partial charge in [-0.3, -0.25) is 4.79 Å².